The molecular weight excluding hydrogens is 182 g/mol. The van der Waals surface area contributed by atoms with Gasteiger partial charge in [-0.2, -0.15) is 5.26 Å². The van der Waals surface area contributed by atoms with E-state index in [4.69, 9.17) is 10.4 Å². The third-order valence-corrected chi connectivity index (χ3v) is 2.89. The molecule has 1 aromatic rings. The summed E-state index contributed by atoms with van der Waals surface area (Å²) in [6.07, 6.45) is 0. The predicted octanol–water partition coefficient (Wildman–Crippen LogP) is 1.95. The van der Waals surface area contributed by atoms with E-state index in [9.17, 15) is 0 Å². The highest BCUT2D eigenvalue weighted by molar-refractivity contribution is 7.99. The first-order valence-electron chi connectivity index (χ1n) is 4.03. The van der Waals surface area contributed by atoms with E-state index >= 15 is 0 Å². The van der Waals surface area contributed by atoms with Gasteiger partial charge >= 0.3 is 0 Å². The van der Waals surface area contributed by atoms with Gasteiger partial charge in [0.1, 0.15) is 6.07 Å². The van der Waals surface area contributed by atoms with Crippen LogP contribution < -0.4 is 0 Å². The van der Waals surface area contributed by atoms with Crippen molar-refractivity contribution in [3.63, 3.8) is 0 Å². The van der Waals surface area contributed by atoms with Gasteiger partial charge in [0.15, 0.2) is 0 Å². The number of rotatable bonds is 3. The normalized spacial score (nSPS) is 9.62. The third-order valence-electron chi connectivity index (χ3n) is 1.67. The Bertz CT molecular complexity index is 330. The van der Waals surface area contributed by atoms with Crippen LogP contribution in [0.1, 0.15) is 11.1 Å². The van der Waals surface area contributed by atoms with Crippen LogP contribution in [-0.2, 0) is 0 Å². The maximum Gasteiger partial charge on any atom is 0.100 e. The van der Waals surface area contributed by atoms with Crippen molar-refractivity contribution in [3.05, 3.63) is 29.3 Å². The van der Waals surface area contributed by atoms with Gasteiger partial charge in [0.25, 0.3) is 0 Å². The first-order valence-corrected chi connectivity index (χ1v) is 5.01. The topological polar surface area (TPSA) is 44.0 Å². The van der Waals surface area contributed by atoms with Crippen LogP contribution in [0.15, 0.2) is 23.1 Å². The van der Waals surface area contributed by atoms with Gasteiger partial charge in [0.2, 0.25) is 0 Å². The Balaban J connectivity index is 2.95. The molecule has 3 heteroatoms. The van der Waals surface area contributed by atoms with Crippen molar-refractivity contribution in [2.45, 2.75) is 11.8 Å². The lowest BCUT2D eigenvalue weighted by atomic mass is 10.1. The average molecular weight is 193 g/mol. The van der Waals surface area contributed by atoms with E-state index in [2.05, 4.69) is 6.07 Å². The maximum absolute atomic E-state index is 8.82. The van der Waals surface area contributed by atoms with Crippen LogP contribution in [-0.4, -0.2) is 17.5 Å². The van der Waals surface area contributed by atoms with Gasteiger partial charge in [-0.05, 0) is 18.6 Å². The molecule has 0 fully saturated rings. The summed E-state index contributed by atoms with van der Waals surface area (Å²) in [5.74, 6) is 0.638. The molecule has 0 aliphatic carbocycles. The van der Waals surface area contributed by atoms with Crippen LogP contribution in [0.3, 0.4) is 0 Å². The molecule has 0 heterocycles. The van der Waals surface area contributed by atoms with E-state index in [-0.39, 0.29) is 6.61 Å². The van der Waals surface area contributed by atoms with Crippen LogP contribution in [0.4, 0.5) is 0 Å². The Labute approximate surface area is 82.2 Å². The van der Waals surface area contributed by atoms with E-state index in [1.165, 1.54) is 11.8 Å². The molecule has 0 spiro atoms. The quantitative estimate of drug-likeness (QED) is 0.746. The van der Waals surface area contributed by atoms with Crippen molar-refractivity contribution in [1.82, 2.24) is 0 Å². The Kier molecular flexibility index (Phi) is 3.81. The zero-order chi connectivity index (χ0) is 9.68. The van der Waals surface area contributed by atoms with Crippen LogP contribution in [0, 0.1) is 18.3 Å². The van der Waals surface area contributed by atoms with Crippen molar-refractivity contribution >= 4 is 11.8 Å². The lowest BCUT2D eigenvalue weighted by Crippen LogP contribution is -1.90. The van der Waals surface area contributed by atoms with Crippen molar-refractivity contribution in [2.75, 3.05) is 12.4 Å². The van der Waals surface area contributed by atoms with Crippen molar-refractivity contribution < 1.29 is 5.11 Å². The highest BCUT2D eigenvalue weighted by Gasteiger charge is 2.04. The Morgan fingerprint density at radius 1 is 1.54 bits per heavy atom. The number of aryl methyl sites for hydroxylation is 1. The van der Waals surface area contributed by atoms with Crippen molar-refractivity contribution in [1.29, 1.82) is 5.26 Å². The molecule has 13 heavy (non-hydrogen) atoms. The summed E-state index contributed by atoms with van der Waals surface area (Å²) in [4.78, 5) is 0.985. The molecule has 1 N–H and O–H groups in total. The van der Waals surface area contributed by atoms with Gasteiger partial charge in [-0.1, -0.05) is 12.1 Å². The minimum Gasteiger partial charge on any atom is -0.396 e. The van der Waals surface area contributed by atoms with Crippen molar-refractivity contribution in [2.24, 2.45) is 0 Å². The van der Waals surface area contributed by atoms with Crippen LogP contribution >= 0.6 is 11.8 Å². The molecule has 2 nitrogen and oxygen atoms in total. The molecule has 0 aliphatic heterocycles. The molecule has 0 aliphatic rings. The molecule has 0 radical (unpaired) electrons. The largest absolute Gasteiger partial charge is 0.396 e. The fourth-order valence-corrected chi connectivity index (χ4v) is 1.94. The number of hydrogen-bond donors (Lipinski definition) is 1. The Hall–Kier alpha value is -0.980. The summed E-state index contributed by atoms with van der Waals surface area (Å²) < 4.78 is 0. The second kappa shape index (κ2) is 4.90. The molecule has 68 valence electrons. The second-order valence-electron chi connectivity index (χ2n) is 2.64. The summed E-state index contributed by atoms with van der Waals surface area (Å²) in [7, 11) is 0. The van der Waals surface area contributed by atoms with Crippen molar-refractivity contribution in [3.8, 4) is 6.07 Å². The Morgan fingerprint density at radius 3 is 2.92 bits per heavy atom. The number of hydrogen-bond acceptors (Lipinski definition) is 3. The molecule has 0 amide bonds. The van der Waals surface area contributed by atoms with Crippen LogP contribution in [0.5, 0.6) is 0 Å². The van der Waals surface area contributed by atoms with Gasteiger partial charge in [0.05, 0.1) is 12.2 Å². The number of nitriles is 1. The fourth-order valence-electron chi connectivity index (χ4n) is 1.08. The smallest absolute Gasteiger partial charge is 0.100 e. The predicted molar refractivity (Wildman–Crippen MR) is 53.7 cm³/mol. The fraction of sp³-hybridized carbons (Fsp3) is 0.300. The highest BCUT2D eigenvalue weighted by atomic mass is 32.2. The second-order valence-corrected chi connectivity index (χ2v) is 3.74. The summed E-state index contributed by atoms with van der Waals surface area (Å²) in [6.45, 7) is 2.12. The Morgan fingerprint density at radius 2 is 2.31 bits per heavy atom. The molecule has 0 unspecified atom stereocenters. The number of nitrogens with zero attached hydrogens (tertiary/aromatic N) is 1. The summed E-state index contributed by atoms with van der Waals surface area (Å²) in [6, 6.07) is 7.79. The molecule has 0 saturated carbocycles. The van der Waals surface area contributed by atoms with E-state index in [0.29, 0.717) is 11.3 Å². The van der Waals surface area contributed by atoms with Crippen LogP contribution in [0.2, 0.25) is 0 Å². The number of aliphatic hydroxyl groups excluding tert-OH is 1. The molecule has 0 atom stereocenters. The van der Waals surface area contributed by atoms with Gasteiger partial charge in [0, 0.05) is 10.6 Å². The van der Waals surface area contributed by atoms with E-state index in [1.807, 2.05) is 19.1 Å². The lowest BCUT2D eigenvalue weighted by Gasteiger charge is -2.05. The molecule has 1 rings (SSSR count). The van der Waals surface area contributed by atoms with E-state index < -0.39 is 0 Å². The highest BCUT2D eigenvalue weighted by Crippen LogP contribution is 2.25. The maximum atomic E-state index is 8.82. The average Bonchev–Trinajstić information content (AvgIpc) is 2.15. The first-order chi connectivity index (χ1) is 6.29. The molecule has 1 aromatic carbocycles. The third kappa shape index (κ3) is 2.48. The lowest BCUT2D eigenvalue weighted by molar-refractivity contribution is 0.322. The summed E-state index contributed by atoms with van der Waals surface area (Å²) >= 11 is 1.53. The summed E-state index contributed by atoms with van der Waals surface area (Å²) in [5.41, 5.74) is 1.79. The number of thioether (sulfide) groups is 1. The van der Waals surface area contributed by atoms with E-state index in [0.717, 1.165) is 10.5 Å². The monoisotopic (exact) mass is 193 g/mol. The minimum absolute atomic E-state index is 0.143. The van der Waals surface area contributed by atoms with Gasteiger partial charge in [-0.15, -0.1) is 11.8 Å². The minimum atomic E-state index is 0.143. The summed E-state index contributed by atoms with van der Waals surface area (Å²) in [5, 5.41) is 17.5. The SMILES string of the molecule is Cc1cccc(C#N)c1SCCO. The van der Waals surface area contributed by atoms with Gasteiger partial charge in [-0.3, -0.25) is 0 Å². The molecular formula is C10H11NOS. The number of benzene rings is 1. The van der Waals surface area contributed by atoms with Crippen LogP contribution in [0.25, 0.3) is 0 Å². The van der Waals surface area contributed by atoms with Gasteiger partial charge < -0.3 is 5.11 Å². The number of aliphatic hydroxyl groups is 1. The van der Waals surface area contributed by atoms with E-state index in [1.54, 1.807) is 6.07 Å². The molecule has 0 saturated heterocycles. The zero-order valence-corrected chi connectivity index (χ0v) is 8.27. The molecule has 0 bridgehead atoms. The van der Waals surface area contributed by atoms with Gasteiger partial charge in [-0.25, -0.2) is 0 Å². The first kappa shape index (κ1) is 10.1. The molecule has 0 aromatic heterocycles. The standard InChI is InChI=1S/C10H11NOS/c1-8-3-2-4-9(7-11)10(8)13-6-5-12/h2-4,12H,5-6H2,1H3. The zero-order valence-electron chi connectivity index (χ0n) is 7.45.